The van der Waals surface area contributed by atoms with Gasteiger partial charge in [-0.15, -0.1) is 0 Å². The van der Waals surface area contributed by atoms with E-state index in [0.29, 0.717) is 0 Å². The fraction of sp³-hybridized carbons (Fsp3) is 0.316. The first-order valence-electron chi connectivity index (χ1n) is 8.76. The molecule has 0 aliphatic carbocycles. The van der Waals surface area contributed by atoms with Gasteiger partial charge in [-0.2, -0.15) is 0 Å². The van der Waals surface area contributed by atoms with Gasteiger partial charge in [0.15, 0.2) is 0 Å². The van der Waals surface area contributed by atoms with Gasteiger partial charge in [-0.25, -0.2) is 14.4 Å². The van der Waals surface area contributed by atoms with Crippen molar-refractivity contribution < 1.29 is 43.8 Å². The molecule has 2 atom stereocenters. The quantitative estimate of drug-likeness (QED) is 0.177. The van der Waals surface area contributed by atoms with Crippen LogP contribution in [0.3, 0.4) is 0 Å². The number of ether oxygens (including phenoxy) is 1. The van der Waals surface area contributed by atoms with Gasteiger partial charge in [-0.3, -0.25) is 19.7 Å². The number of methoxy groups -OCH3 is 1. The first-order chi connectivity index (χ1) is 14.4. The maximum atomic E-state index is 12.9. The first kappa shape index (κ1) is 23.2. The lowest BCUT2D eigenvalue weighted by atomic mass is 9.58. The highest BCUT2D eigenvalue weighted by atomic mass is 16.6. The van der Waals surface area contributed by atoms with Crippen molar-refractivity contribution in [2.24, 2.45) is 5.41 Å². The summed E-state index contributed by atoms with van der Waals surface area (Å²) in [6.45, 7) is 2.59. The third kappa shape index (κ3) is 3.63. The molecule has 1 aliphatic heterocycles. The number of nitro groups is 1. The molecule has 164 valence electrons. The average molecular weight is 434 g/mol. The second kappa shape index (κ2) is 8.34. The topological polar surface area (TPSA) is 190 Å². The Morgan fingerprint density at radius 2 is 1.68 bits per heavy atom. The molecule has 12 heteroatoms. The van der Waals surface area contributed by atoms with E-state index in [-0.39, 0.29) is 11.3 Å². The molecular weight excluding hydrogens is 416 g/mol. The minimum Gasteiger partial charge on any atom is -0.475 e. The van der Waals surface area contributed by atoms with Gasteiger partial charge in [0, 0.05) is 29.8 Å². The van der Waals surface area contributed by atoms with Crippen molar-refractivity contribution in [1.82, 2.24) is 5.32 Å². The van der Waals surface area contributed by atoms with Crippen molar-refractivity contribution in [3.63, 3.8) is 0 Å². The number of benzene rings is 1. The zero-order valence-corrected chi connectivity index (χ0v) is 16.6. The highest BCUT2D eigenvalue weighted by Crippen LogP contribution is 2.50. The Kier molecular flexibility index (Phi) is 6.24. The maximum Gasteiger partial charge on any atom is 0.373 e. The van der Waals surface area contributed by atoms with Crippen LogP contribution in [0.5, 0.6) is 0 Å². The number of nitrogens with zero attached hydrogens (tertiary/aromatic N) is 1. The summed E-state index contributed by atoms with van der Waals surface area (Å²) in [5, 5.41) is 32.8. The van der Waals surface area contributed by atoms with Gasteiger partial charge in [-0.1, -0.05) is 12.1 Å². The summed E-state index contributed by atoms with van der Waals surface area (Å²) < 4.78 is 4.71. The third-order valence-corrected chi connectivity index (χ3v) is 5.22. The lowest BCUT2D eigenvalue weighted by Gasteiger charge is -2.45. The van der Waals surface area contributed by atoms with Crippen LogP contribution in [-0.2, 0) is 28.7 Å². The lowest BCUT2D eigenvalue weighted by molar-refractivity contribution is -0.384. The Hall–Kier alpha value is -4.09. The highest BCUT2D eigenvalue weighted by Gasteiger charge is 2.64. The highest BCUT2D eigenvalue weighted by molar-refractivity contribution is 6.49. The number of carbonyl (C=O) groups is 5. The zero-order chi connectivity index (χ0) is 23.7. The summed E-state index contributed by atoms with van der Waals surface area (Å²) in [6, 6.07) is 3.06. The maximum absolute atomic E-state index is 12.9. The Balaban J connectivity index is 3.05. The molecule has 1 aromatic rings. The summed E-state index contributed by atoms with van der Waals surface area (Å²) in [4.78, 5) is 72.3. The van der Waals surface area contributed by atoms with Crippen molar-refractivity contribution in [3.8, 4) is 0 Å². The van der Waals surface area contributed by atoms with Crippen molar-refractivity contribution >= 4 is 35.2 Å². The summed E-state index contributed by atoms with van der Waals surface area (Å²) in [5.41, 5.74) is -3.81. The van der Waals surface area contributed by atoms with E-state index in [0.717, 1.165) is 19.2 Å². The van der Waals surface area contributed by atoms with E-state index >= 15 is 0 Å². The number of hydrogen-bond acceptors (Lipinski definition) is 9. The molecule has 31 heavy (non-hydrogen) atoms. The molecule has 0 spiro atoms. The molecule has 12 nitrogen and oxygen atoms in total. The smallest absolute Gasteiger partial charge is 0.373 e. The Labute approximate surface area is 174 Å². The molecule has 0 amide bonds. The van der Waals surface area contributed by atoms with Gasteiger partial charge in [0.25, 0.3) is 17.3 Å². The van der Waals surface area contributed by atoms with Crippen LogP contribution < -0.4 is 5.32 Å². The number of Topliss-reactive ketones (excluding diaryl/α,β-unsaturated/α-hetero) is 2. The molecule has 0 saturated carbocycles. The summed E-state index contributed by atoms with van der Waals surface area (Å²) in [7, 11) is 0.991. The number of carboxylic acids is 2. The van der Waals surface area contributed by atoms with Crippen LogP contribution in [0.15, 0.2) is 35.5 Å². The molecule has 0 radical (unpaired) electrons. The third-order valence-electron chi connectivity index (χ3n) is 5.22. The van der Waals surface area contributed by atoms with E-state index in [1.807, 2.05) is 0 Å². The Bertz CT molecular complexity index is 1020. The number of ketones is 2. The molecule has 0 aromatic heterocycles. The molecule has 0 bridgehead atoms. The molecule has 3 N–H and O–H groups in total. The zero-order valence-electron chi connectivity index (χ0n) is 16.6. The van der Waals surface area contributed by atoms with Gasteiger partial charge >= 0.3 is 17.9 Å². The second-order valence-electron chi connectivity index (χ2n) is 6.82. The van der Waals surface area contributed by atoms with E-state index in [1.165, 1.54) is 26.0 Å². The van der Waals surface area contributed by atoms with Gasteiger partial charge in [0.2, 0.25) is 0 Å². The van der Waals surface area contributed by atoms with Crippen LogP contribution in [0.4, 0.5) is 5.69 Å². The number of carbonyl (C=O) groups excluding carboxylic acids is 3. The van der Waals surface area contributed by atoms with E-state index in [2.05, 4.69) is 5.32 Å². The summed E-state index contributed by atoms with van der Waals surface area (Å²) in [5.74, 6) is -10.7. The van der Waals surface area contributed by atoms with E-state index < -0.39 is 63.0 Å². The van der Waals surface area contributed by atoms with E-state index in [4.69, 9.17) is 4.74 Å². The summed E-state index contributed by atoms with van der Waals surface area (Å²) >= 11 is 0. The van der Waals surface area contributed by atoms with E-state index in [1.54, 1.807) is 0 Å². The van der Waals surface area contributed by atoms with Crippen LogP contribution in [0.25, 0.3) is 0 Å². The minimum absolute atomic E-state index is 0.0860. The van der Waals surface area contributed by atoms with Gasteiger partial charge in [-0.05, 0) is 19.4 Å². The predicted molar refractivity (Wildman–Crippen MR) is 101 cm³/mol. The Morgan fingerprint density at radius 3 is 2.13 bits per heavy atom. The fourth-order valence-electron chi connectivity index (χ4n) is 3.95. The molecule has 1 aliphatic rings. The number of esters is 1. The lowest BCUT2D eigenvalue weighted by Crippen LogP contribution is -2.63. The van der Waals surface area contributed by atoms with Gasteiger partial charge < -0.3 is 20.3 Å². The van der Waals surface area contributed by atoms with Crippen molar-refractivity contribution in [2.45, 2.75) is 25.8 Å². The van der Waals surface area contributed by atoms with Crippen molar-refractivity contribution in [2.75, 3.05) is 7.11 Å². The monoisotopic (exact) mass is 434 g/mol. The van der Waals surface area contributed by atoms with Crippen LogP contribution in [0, 0.1) is 15.5 Å². The van der Waals surface area contributed by atoms with Gasteiger partial charge in [0.05, 0.1) is 17.6 Å². The Morgan fingerprint density at radius 1 is 1.13 bits per heavy atom. The molecule has 0 fully saturated rings. The van der Waals surface area contributed by atoms with Crippen molar-refractivity contribution in [1.29, 1.82) is 0 Å². The average Bonchev–Trinajstić information content (AvgIpc) is 2.71. The number of non-ortho nitro benzene ring substituents is 1. The van der Waals surface area contributed by atoms with Crippen LogP contribution in [0.2, 0.25) is 0 Å². The second-order valence-corrected chi connectivity index (χ2v) is 6.82. The van der Waals surface area contributed by atoms with Crippen molar-refractivity contribution in [3.05, 3.63) is 51.2 Å². The predicted octanol–water partition coefficient (Wildman–Crippen LogP) is 0.411. The molecule has 1 heterocycles. The molecule has 2 rings (SSSR count). The molecular formula is C19H18N2O10. The molecule has 1 aromatic carbocycles. The number of allylic oxidation sites excluding steroid dienone is 1. The van der Waals surface area contributed by atoms with E-state index in [9.17, 15) is 44.3 Å². The van der Waals surface area contributed by atoms with Crippen LogP contribution in [-0.4, -0.2) is 57.8 Å². The number of nitrogens with one attached hydrogen (secondary N) is 1. The number of hydrogen-bond donors (Lipinski definition) is 3. The normalized spacial score (nSPS) is 19.7. The first-order valence-corrected chi connectivity index (χ1v) is 8.76. The molecule has 0 saturated heterocycles. The summed E-state index contributed by atoms with van der Waals surface area (Å²) in [6.07, 6.45) is 0. The van der Waals surface area contributed by atoms with Crippen LogP contribution in [0.1, 0.15) is 25.3 Å². The number of nitro benzene ring substituents is 1. The van der Waals surface area contributed by atoms with Crippen LogP contribution >= 0.6 is 0 Å². The number of rotatable bonds is 7. The largest absolute Gasteiger partial charge is 0.475 e. The number of carboxylic acid groups (broad SMARTS) is 2. The fourth-order valence-corrected chi connectivity index (χ4v) is 3.95. The minimum atomic E-state index is -2.84. The molecule has 2 unspecified atom stereocenters. The van der Waals surface area contributed by atoms with Gasteiger partial charge in [0.1, 0.15) is 5.41 Å². The SMILES string of the molecule is COC(=O)C1=C(C)NC(C)C(C(=O)C(=O)O)(C(=O)C(=O)O)C1c1cccc([N+](=O)[O-])c1. The standard InChI is InChI=1S/C19H18N2O10/c1-8-12(18(28)31-3)13(10-5-4-6-11(7-10)21(29)30)19(9(2)20-8,14(22)16(24)25)15(23)17(26)27/h4-7,9,13,20H,1-3H3,(H,24,25)(H,26,27). The number of aliphatic carboxylic acids is 2.